The van der Waals surface area contributed by atoms with Crippen LogP contribution in [0.15, 0.2) is 29.5 Å². The van der Waals surface area contributed by atoms with Gasteiger partial charge in [-0.25, -0.2) is 4.79 Å². The van der Waals surface area contributed by atoms with Crippen molar-refractivity contribution in [2.24, 2.45) is 0 Å². The largest absolute Gasteiger partial charge is 0.493 e. The van der Waals surface area contributed by atoms with Gasteiger partial charge >= 0.3 is 6.03 Å². The molecule has 9 nitrogen and oxygen atoms in total. The molecule has 2 N–H and O–H groups in total. The molecule has 1 saturated carbocycles. The predicted octanol–water partition coefficient (Wildman–Crippen LogP) is 1.95. The van der Waals surface area contributed by atoms with Gasteiger partial charge in [0.25, 0.3) is 5.91 Å². The van der Waals surface area contributed by atoms with E-state index in [1.807, 2.05) is 0 Å². The van der Waals surface area contributed by atoms with Crippen molar-refractivity contribution < 1.29 is 23.9 Å². The van der Waals surface area contributed by atoms with E-state index in [2.05, 4.69) is 10.6 Å². The van der Waals surface area contributed by atoms with Crippen LogP contribution in [-0.2, 0) is 9.59 Å². The highest BCUT2D eigenvalue weighted by Crippen LogP contribution is 2.42. The van der Waals surface area contributed by atoms with Gasteiger partial charge in [0.15, 0.2) is 11.5 Å². The second kappa shape index (κ2) is 9.10. The summed E-state index contributed by atoms with van der Waals surface area (Å²) in [5, 5.41) is 5.96. The van der Waals surface area contributed by atoms with Gasteiger partial charge in [0, 0.05) is 18.7 Å². The summed E-state index contributed by atoms with van der Waals surface area (Å²) in [5.41, 5.74) is 1.67. The number of nitrogens with zero attached hydrogens (tertiary/aromatic N) is 2. The van der Waals surface area contributed by atoms with E-state index in [0.717, 1.165) is 25.7 Å². The molecule has 3 aliphatic rings. The van der Waals surface area contributed by atoms with Gasteiger partial charge in [-0.15, -0.1) is 0 Å². The third-order valence-corrected chi connectivity index (χ3v) is 6.48. The van der Waals surface area contributed by atoms with Crippen molar-refractivity contribution in [2.75, 3.05) is 34.4 Å². The summed E-state index contributed by atoms with van der Waals surface area (Å²) in [5.74, 6) is 0.538. The van der Waals surface area contributed by atoms with Crippen LogP contribution in [0.2, 0.25) is 0 Å². The van der Waals surface area contributed by atoms with Crippen LogP contribution >= 0.6 is 0 Å². The first-order valence-electron chi connectivity index (χ1n) is 11.0. The third-order valence-electron chi connectivity index (χ3n) is 6.48. The number of carbonyl (C=O) groups is 3. The molecule has 0 radical (unpaired) electrons. The van der Waals surface area contributed by atoms with Crippen molar-refractivity contribution in [1.29, 1.82) is 0 Å². The summed E-state index contributed by atoms with van der Waals surface area (Å²) in [7, 11) is 4.68. The highest BCUT2D eigenvalue weighted by Gasteiger charge is 2.44. The van der Waals surface area contributed by atoms with E-state index in [-0.39, 0.29) is 37.0 Å². The first-order valence-corrected chi connectivity index (χ1v) is 11.0. The van der Waals surface area contributed by atoms with Crippen LogP contribution in [-0.4, -0.2) is 68.0 Å². The third kappa shape index (κ3) is 3.99. The summed E-state index contributed by atoms with van der Waals surface area (Å²) < 4.78 is 10.9. The first kappa shape index (κ1) is 22.0. The number of nitrogens with one attached hydrogen (secondary N) is 2. The van der Waals surface area contributed by atoms with Crippen LogP contribution < -0.4 is 20.1 Å². The molecule has 1 fully saturated rings. The molecule has 2 aliphatic heterocycles. The zero-order chi connectivity index (χ0) is 22.8. The molecule has 172 valence electrons. The molecule has 1 unspecified atom stereocenters. The second-order valence-corrected chi connectivity index (χ2v) is 8.45. The molecule has 0 bridgehead atoms. The van der Waals surface area contributed by atoms with Crippen molar-refractivity contribution in [2.45, 2.75) is 44.2 Å². The molecule has 1 aliphatic carbocycles. The molecule has 32 heavy (non-hydrogen) atoms. The molecule has 4 rings (SSSR count). The Kier molecular flexibility index (Phi) is 6.25. The van der Waals surface area contributed by atoms with Crippen molar-refractivity contribution in [3.63, 3.8) is 0 Å². The van der Waals surface area contributed by atoms with Crippen molar-refractivity contribution in [1.82, 2.24) is 20.4 Å². The lowest BCUT2D eigenvalue weighted by Gasteiger charge is -2.31. The second-order valence-electron chi connectivity index (χ2n) is 8.45. The highest BCUT2D eigenvalue weighted by molar-refractivity contribution is 6.03. The minimum Gasteiger partial charge on any atom is -0.493 e. The van der Waals surface area contributed by atoms with E-state index in [9.17, 15) is 14.4 Å². The maximum absolute atomic E-state index is 13.4. The van der Waals surface area contributed by atoms with E-state index in [1.165, 1.54) is 30.4 Å². The molecular formula is C23H30N4O5. The van der Waals surface area contributed by atoms with Crippen LogP contribution in [0.1, 0.15) is 43.7 Å². The minimum atomic E-state index is -0.697. The number of ether oxygens (including phenoxy) is 2. The number of para-hydroxylation sites is 1. The van der Waals surface area contributed by atoms with Gasteiger partial charge in [-0.2, -0.15) is 0 Å². The predicted molar refractivity (Wildman–Crippen MR) is 117 cm³/mol. The monoisotopic (exact) mass is 442 g/mol. The van der Waals surface area contributed by atoms with Crippen molar-refractivity contribution in [3.05, 3.63) is 35.0 Å². The van der Waals surface area contributed by atoms with Crippen LogP contribution in [0.4, 0.5) is 4.79 Å². The number of methoxy groups -OCH3 is 2. The summed E-state index contributed by atoms with van der Waals surface area (Å²) in [6.07, 6.45) is 5.40. The summed E-state index contributed by atoms with van der Waals surface area (Å²) >= 11 is 0. The number of urea groups is 1. The fourth-order valence-electron chi connectivity index (χ4n) is 4.82. The number of benzene rings is 1. The standard InChI is InChI=1S/C23H30N4O5/c1-26-16-12-27(13-18(28)24-14-8-5-4-6-9-14)22(29)19(16)20(25-23(26)30)15-10-7-11-17(31-2)21(15)32-3/h7,10-11,14,20H,4-6,8-9,12-13H2,1-3H3,(H,24,28)(H,25,30). The molecule has 1 atom stereocenters. The van der Waals surface area contributed by atoms with Gasteiger partial charge in [-0.3, -0.25) is 14.5 Å². The Bertz CT molecular complexity index is 954. The average Bonchev–Trinajstić information content (AvgIpc) is 3.12. The minimum absolute atomic E-state index is 0.0354. The molecule has 0 saturated heterocycles. The first-order chi connectivity index (χ1) is 15.4. The SMILES string of the molecule is COc1cccc(C2NC(=O)N(C)C3=C2C(=O)N(CC(=O)NC2CCCCC2)C3)c1OC. The van der Waals surface area contributed by atoms with Crippen molar-refractivity contribution >= 4 is 17.8 Å². The van der Waals surface area contributed by atoms with E-state index in [1.54, 1.807) is 25.2 Å². The fourth-order valence-corrected chi connectivity index (χ4v) is 4.82. The van der Waals surface area contributed by atoms with Gasteiger partial charge in [-0.05, 0) is 18.9 Å². The molecule has 2 heterocycles. The molecule has 4 amide bonds. The Morgan fingerprint density at radius 3 is 2.59 bits per heavy atom. The van der Waals surface area contributed by atoms with Crippen LogP contribution in [0, 0.1) is 0 Å². The van der Waals surface area contributed by atoms with Gasteiger partial charge in [0.1, 0.15) is 6.54 Å². The van der Waals surface area contributed by atoms with Gasteiger partial charge < -0.3 is 25.0 Å². The van der Waals surface area contributed by atoms with Gasteiger partial charge in [0.2, 0.25) is 5.91 Å². The normalized spacial score (nSPS) is 21.4. The summed E-state index contributed by atoms with van der Waals surface area (Å²) in [6.45, 7) is 0.172. The van der Waals surface area contributed by atoms with Crippen LogP contribution in [0.5, 0.6) is 11.5 Å². The van der Waals surface area contributed by atoms with Crippen LogP contribution in [0.25, 0.3) is 0 Å². The Hall–Kier alpha value is -3.23. The molecule has 0 aromatic heterocycles. The zero-order valence-corrected chi connectivity index (χ0v) is 18.8. The molecule has 1 aromatic rings. The van der Waals surface area contributed by atoms with E-state index in [0.29, 0.717) is 28.3 Å². The van der Waals surface area contributed by atoms with Crippen LogP contribution in [0.3, 0.4) is 0 Å². The number of rotatable bonds is 6. The molecule has 9 heteroatoms. The number of hydrogen-bond donors (Lipinski definition) is 2. The quantitative estimate of drug-likeness (QED) is 0.701. The lowest BCUT2D eigenvalue weighted by molar-refractivity contribution is -0.132. The molecule has 1 aromatic carbocycles. The molecule has 0 spiro atoms. The van der Waals surface area contributed by atoms with Crippen molar-refractivity contribution in [3.8, 4) is 11.5 Å². The number of likely N-dealkylation sites (N-methyl/N-ethyl adjacent to an activating group) is 1. The number of hydrogen-bond acceptors (Lipinski definition) is 5. The maximum atomic E-state index is 13.4. The fraction of sp³-hybridized carbons (Fsp3) is 0.522. The Morgan fingerprint density at radius 2 is 1.91 bits per heavy atom. The lowest BCUT2D eigenvalue weighted by atomic mass is 9.94. The van der Waals surface area contributed by atoms with Gasteiger partial charge in [-0.1, -0.05) is 31.4 Å². The number of amides is 4. The smallest absolute Gasteiger partial charge is 0.322 e. The summed E-state index contributed by atoms with van der Waals surface area (Å²) in [6, 6.07) is 4.51. The van der Waals surface area contributed by atoms with E-state index < -0.39 is 6.04 Å². The average molecular weight is 443 g/mol. The van der Waals surface area contributed by atoms with Gasteiger partial charge in [0.05, 0.1) is 38.1 Å². The Balaban J connectivity index is 1.58. The lowest BCUT2D eigenvalue weighted by Crippen LogP contribution is -2.45. The van der Waals surface area contributed by atoms with E-state index in [4.69, 9.17) is 9.47 Å². The summed E-state index contributed by atoms with van der Waals surface area (Å²) in [4.78, 5) is 41.7. The zero-order valence-electron chi connectivity index (χ0n) is 18.8. The van der Waals surface area contributed by atoms with E-state index >= 15 is 0 Å². The maximum Gasteiger partial charge on any atom is 0.322 e. The Labute approximate surface area is 187 Å². The molecular weight excluding hydrogens is 412 g/mol. The topological polar surface area (TPSA) is 100 Å². The highest BCUT2D eigenvalue weighted by atomic mass is 16.5. The Morgan fingerprint density at radius 1 is 1.16 bits per heavy atom. The number of carbonyl (C=O) groups excluding carboxylic acids is 3.